The summed E-state index contributed by atoms with van der Waals surface area (Å²) >= 11 is 18.2. The van der Waals surface area contributed by atoms with E-state index in [9.17, 15) is 4.79 Å². The van der Waals surface area contributed by atoms with Crippen LogP contribution in [0, 0.1) is 13.8 Å². The summed E-state index contributed by atoms with van der Waals surface area (Å²) in [7, 11) is 0. The summed E-state index contributed by atoms with van der Waals surface area (Å²) in [6.45, 7) is 3.98. The van der Waals surface area contributed by atoms with Gasteiger partial charge >= 0.3 is 0 Å². The van der Waals surface area contributed by atoms with Crippen LogP contribution in [0.2, 0.25) is 15.1 Å². The van der Waals surface area contributed by atoms with Gasteiger partial charge in [0.15, 0.2) is 5.82 Å². The van der Waals surface area contributed by atoms with E-state index in [1.165, 1.54) is 0 Å². The van der Waals surface area contributed by atoms with Crippen molar-refractivity contribution >= 4 is 46.4 Å². The molecule has 0 saturated carbocycles. The highest BCUT2D eigenvalue weighted by molar-refractivity contribution is 6.42. The lowest BCUT2D eigenvalue weighted by molar-refractivity contribution is 0.101. The number of benzene rings is 3. The van der Waals surface area contributed by atoms with Gasteiger partial charge < -0.3 is 5.32 Å². The number of nitrogens with one attached hydrogen (secondary N) is 1. The Bertz CT molecular complexity index is 1300. The van der Waals surface area contributed by atoms with E-state index < -0.39 is 5.91 Å². The molecular weight excluding hydrogens is 455 g/mol. The summed E-state index contributed by atoms with van der Waals surface area (Å²) < 4.78 is 1.66. The molecule has 0 bridgehead atoms. The number of carbonyl (C=O) groups excluding carboxylic acids is 1. The molecule has 0 saturated heterocycles. The lowest BCUT2D eigenvalue weighted by atomic mass is 10.1. The van der Waals surface area contributed by atoms with Crippen LogP contribution in [0.4, 0.5) is 5.69 Å². The molecule has 0 atom stereocenters. The molecule has 0 unspecified atom stereocenters. The zero-order valence-corrected chi connectivity index (χ0v) is 18.9. The van der Waals surface area contributed by atoms with E-state index in [0.29, 0.717) is 26.6 Å². The maximum atomic E-state index is 12.9. The Labute approximate surface area is 194 Å². The number of carbonyl (C=O) groups is 1. The third-order valence-corrected chi connectivity index (χ3v) is 5.64. The fraction of sp³-hybridized carbons (Fsp3) is 0.0870. The monoisotopic (exact) mass is 470 g/mol. The predicted molar refractivity (Wildman–Crippen MR) is 126 cm³/mol. The van der Waals surface area contributed by atoms with Crippen LogP contribution >= 0.6 is 34.8 Å². The number of nitrogens with zero attached hydrogens (tertiary/aromatic N) is 3. The number of rotatable bonds is 4. The molecule has 0 aliphatic rings. The number of amides is 1. The van der Waals surface area contributed by atoms with Gasteiger partial charge in [0.1, 0.15) is 0 Å². The van der Waals surface area contributed by atoms with Crippen LogP contribution in [0.3, 0.4) is 0 Å². The van der Waals surface area contributed by atoms with Crippen molar-refractivity contribution in [3.05, 3.63) is 92.7 Å². The lowest BCUT2D eigenvalue weighted by Gasteiger charge is -2.10. The Balaban J connectivity index is 1.80. The minimum Gasteiger partial charge on any atom is -0.319 e. The lowest BCUT2D eigenvalue weighted by Crippen LogP contribution is -2.14. The number of halogens is 3. The first-order valence-corrected chi connectivity index (χ1v) is 10.5. The second kappa shape index (κ2) is 8.71. The number of aromatic nitrogens is 3. The number of anilines is 1. The molecule has 4 aromatic rings. The van der Waals surface area contributed by atoms with Crippen LogP contribution in [0.15, 0.2) is 60.7 Å². The fourth-order valence-electron chi connectivity index (χ4n) is 3.10. The van der Waals surface area contributed by atoms with Crippen LogP contribution in [0.1, 0.15) is 21.7 Å². The topological polar surface area (TPSA) is 59.8 Å². The van der Waals surface area contributed by atoms with Crippen molar-refractivity contribution < 1.29 is 4.79 Å². The zero-order chi connectivity index (χ0) is 22.1. The van der Waals surface area contributed by atoms with Gasteiger partial charge in [-0.15, -0.1) is 5.10 Å². The highest BCUT2D eigenvalue weighted by Crippen LogP contribution is 2.27. The third-order valence-electron chi connectivity index (χ3n) is 4.66. The first-order chi connectivity index (χ1) is 14.8. The number of hydrogen-bond acceptors (Lipinski definition) is 3. The second-order valence-electron chi connectivity index (χ2n) is 7.05. The van der Waals surface area contributed by atoms with Crippen molar-refractivity contribution in [1.29, 1.82) is 0 Å². The van der Waals surface area contributed by atoms with Crippen LogP contribution in [-0.2, 0) is 0 Å². The SMILES string of the molecule is Cc1ccc(C)c(-n2nc(C(=O)Nc3ccc(Cl)c(Cl)c3)nc2-c2cccc(Cl)c2)c1. The molecular formula is C23H17Cl3N4O. The average molecular weight is 472 g/mol. The highest BCUT2D eigenvalue weighted by Gasteiger charge is 2.20. The molecule has 31 heavy (non-hydrogen) atoms. The van der Waals surface area contributed by atoms with Crippen molar-refractivity contribution in [2.24, 2.45) is 0 Å². The van der Waals surface area contributed by atoms with Gasteiger partial charge in [0.25, 0.3) is 5.91 Å². The fourth-order valence-corrected chi connectivity index (χ4v) is 3.59. The van der Waals surface area contributed by atoms with Gasteiger partial charge in [0.05, 0.1) is 15.7 Å². The van der Waals surface area contributed by atoms with Gasteiger partial charge in [-0.2, -0.15) is 0 Å². The third kappa shape index (κ3) is 4.59. The van der Waals surface area contributed by atoms with E-state index >= 15 is 0 Å². The first kappa shape index (κ1) is 21.4. The van der Waals surface area contributed by atoms with E-state index in [1.807, 2.05) is 44.2 Å². The summed E-state index contributed by atoms with van der Waals surface area (Å²) in [5.74, 6) is 0.0585. The zero-order valence-electron chi connectivity index (χ0n) is 16.7. The van der Waals surface area contributed by atoms with Gasteiger partial charge in [-0.1, -0.05) is 59.1 Å². The molecule has 1 heterocycles. The van der Waals surface area contributed by atoms with E-state index in [4.69, 9.17) is 34.8 Å². The normalized spacial score (nSPS) is 10.9. The van der Waals surface area contributed by atoms with Crippen LogP contribution in [-0.4, -0.2) is 20.7 Å². The summed E-state index contributed by atoms with van der Waals surface area (Å²) in [6, 6.07) is 18.1. The van der Waals surface area contributed by atoms with Crippen LogP contribution in [0.5, 0.6) is 0 Å². The summed E-state index contributed by atoms with van der Waals surface area (Å²) in [6.07, 6.45) is 0. The van der Waals surface area contributed by atoms with Gasteiger partial charge in [0, 0.05) is 16.3 Å². The van der Waals surface area contributed by atoms with E-state index in [1.54, 1.807) is 35.0 Å². The molecule has 5 nitrogen and oxygen atoms in total. The van der Waals surface area contributed by atoms with E-state index in [2.05, 4.69) is 15.4 Å². The molecule has 0 aliphatic carbocycles. The van der Waals surface area contributed by atoms with Crippen molar-refractivity contribution in [2.75, 3.05) is 5.32 Å². The molecule has 0 radical (unpaired) electrons. The number of aryl methyl sites for hydroxylation is 2. The van der Waals surface area contributed by atoms with Gasteiger partial charge in [0.2, 0.25) is 5.82 Å². The van der Waals surface area contributed by atoms with Gasteiger partial charge in [-0.25, -0.2) is 9.67 Å². The van der Waals surface area contributed by atoms with Crippen molar-refractivity contribution in [1.82, 2.24) is 14.8 Å². The molecule has 0 spiro atoms. The van der Waals surface area contributed by atoms with E-state index in [0.717, 1.165) is 22.4 Å². The van der Waals surface area contributed by atoms with Crippen LogP contribution in [0.25, 0.3) is 17.1 Å². The number of hydrogen-bond donors (Lipinski definition) is 1. The summed E-state index contributed by atoms with van der Waals surface area (Å²) in [4.78, 5) is 17.4. The van der Waals surface area contributed by atoms with Gasteiger partial charge in [-0.3, -0.25) is 4.79 Å². The largest absolute Gasteiger partial charge is 0.319 e. The molecule has 1 N–H and O–H groups in total. The summed E-state index contributed by atoms with van der Waals surface area (Å²) in [5, 5.41) is 8.58. The van der Waals surface area contributed by atoms with Gasteiger partial charge in [-0.05, 0) is 61.4 Å². The highest BCUT2D eigenvalue weighted by atomic mass is 35.5. The Morgan fingerprint density at radius 2 is 1.74 bits per heavy atom. The quantitative estimate of drug-likeness (QED) is 0.357. The predicted octanol–water partition coefficient (Wildman–Crippen LogP) is 6.76. The smallest absolute Gasteiger partial charge is 0.295 e. The second-order valence-corrected chi connectivity index (χ2v) is 8.30. The molecule has 3 aromatic carbocycles. The minimum absolute atomic E-state index is 0.0157. The Morgan fingerprint density at radius 3 is 2.48 bits per heavy atom. The molecule has 4 rings (SSSR count). The Kier molecular flexibility index (Phi) is 6.01. The molecule has 8 heteroatoms. The van der Waals surface area contributed by atoms with Crippen molar-refractivity contribution in [2.45, 2.75) is 13.8 Å². The maximum Gasteiger partial charge on any atom is 0.295 e. The minimum atomic E-state index is -0.467. The van der Waals surface area contributed by atoms with Crippen molar-refractivity contribution in [3.8, 4) is 17.1 Å². The molecule has 1 amide bonds. The standard InChI is InChI=1S/C23H17Cl3N4O/c1-13-6-7-14(2)20(10-13)30-22(15-4-3-5-16(24)11-15)28-21(29-30)23(31)27-17-8-9-18(25)19(26)12-17/h3-12H,1-2H3,(H,27,31). The molecule has 1 aromatic heterocycles. The van der Waals surface area contributed by atoms with Crippen LogP contribution < -0.4 is 5.32 Å². The average Bonchev–Trinajstić information content (AvgIpc) is 3.18. The Morgan fingerprint density at radius 1 is 0.935 bits per heavy atom. The summed E-state index contributed by atoms with van der Waals surface area (Å²) in [5.41, 5.74) is 4.13. The first-order valence-electron chi connectivity index (χ1n) is 9.39. The molecule has 156 valence electrons. The Hall–Kier alpha value is -2.86. The van der Waals surface area contributed by atoms with E-state index in [-0.39, 0.29) is 5.82 Å². The maximum absolute atomic E-state index is 12.9. The molecule has 0 aliphatic heterocycles. The molecule has 0 fully saturated rings. The van der Waals surface area contributed by atoms with Crippen molar-refractivity contribution in [3.63, 3.8) is 0 Å².